The number of anilines is 1. The molecule has 0 aliphatic heterocycles. The Morgan fingerprint density at radius 2 is 2.42 bits per heavy atom. The lowest BCUT2D eigenvalue weighted by Gasteiger charge is -2.16. The monoisotopic (exact) mass is 161 g/mol. The first-order chi connectivity index (χ1) is 5.79. The van der Waals surface area contributed by atoms with Crippen molar-refractivity contribution < 1.29 is 0 Å². The van der Waals surface area contributed by atoms with Gasteiger partial charge in [0.2, 0.25) is 0 Å². The first-order valence-corrected chi connectivity index (χ1v) is 3.84. The molecule has 62 valence electrons. The molecule has 0 spiro atoms. The summed E-state index contributed by atoms with van der Waals surface area (Å²) in [6, 6.07) is 3.85. The number of nitriles is 1. The van der Waals surface area contributed by atoms with E-state index in [1.807, 2.05) is 18.9 Å². The molecule has 1 heterocycles. The van der Waals surface area contributed by atoms with Crippen molar-refractivity contribution >= 4 is 5.69 Å². The van der Waals surface area contributed by atoms with Crippen LogP contribution in [0.2, 0.25) is 0 Å². The predicted molar refractivity (Wildman–Crippen MR) is 47.9 cm³/mol. The Hall–Kier alpha value is -1.56. The van der Waals surface area contributed by atoms with E-state index in [1.165, 1.54) is 0 Å². The van der Waals surface area contributed by atoms with Crippen LogP contribution in [0.25, 0.3) is 0 Å². The van der Waals surface area contributed by atoms with Crippen LogP contribution >= 0.6 is 0 Å². The summed E-state index contributed by atoms with van der Waals surface area (Å²) >= 11 is 0. The molecule has 0 unspecified atom stereocenters. The molecule has 0 aliphatic carbocycles. The summed E-state index contributed by atoms with van der Waals surface area (Å²) in [6.45, 7) is 2.91. The van der Waals surface area contributed by atoms with Gasteiger partial charge in [-0.1, -0.05) is 0 Å². The third kappa shape index (κ3) is 1.54. The van der Waals surface area contributed by atoms with Crippen LogP contribution in [0.5, 0.6) is 0 Å². The number of rotatable bonds is 2. The van der Waals surface area contributed by atoms with Crippen LogP contribution in [0, 0.1) is 11.3 Å². The Bertz CT molecular complexity index is 301. The zero-order valence-electron chi connectivity index (χ0n) is 7.28. The summed E-state index contributed by atoms with van der Waals surface area (Å²) < 4.78 is 0. The minimum absolute atomic E-state index is 0.675. The SMILES string of the molecule is CCN(C)c1cnccc1C#N. The van der Waals surface area contributed by atoms with Gasteiger partial charge in [0.05, 0.1) is 17.4 Å². The number of aromatic nitrogens is 1. The second kappa shape index (κ2) is 3.72. The lowest BCUT2D eigenvalue weighted by atomic mass is 10.2. The van der Waals surface area contributed by atoms with Crippen LogP contribution < -0.4 is 4.90 Å². The maximum absolute atomic E-state index is 8.76. The minimum Gasteiger partial charge on any atom is -0.373 e. The summed E-state index contributed by atoms with van der Waals surface area (Å²) in [5, 5.41) is 8.76. The highest BCUT2D eigenvalue weighted by Gasteiger charge is 2.03. The van der Waals surface area contributed by atoms with Gasteiger partial charge in [-0.05, 0) is 13.0 Å². The van der Waals surface area contributed by atoms with E-state index in [2.05, 4.69) is 11.1 Å². The molecule has 12 heavy (non-hydrogen) atoms. The van der Waals surface area contributed by atoms with E-state index in [4.69, 9.17) is 5.26 Å². The summed E-state index contributed by atoms with van der Waals surface area (Å²) in [6.07, 6.45) is 3.34. The average Bonchev–Trinajstić information content (AvgIpc) is 2.16. The molecule has 1 rings (SSSR count). The van der Waals surface area contributed by atoms with Crippen molar-refractivity contribution in [3.05, 3.63) is 24.0 Å². The molecule has 1 aromatic rings. The van der Waals surface area contributed by atoms with E-state index in [0.29, 0.717) is 5.56 Å². The summed E-state index contributed by atoms with van der Waals surface area (Å²) in [4.78, 5) is 5.96. The highest BCUT2D eigenvalue weighted by Crippen LogP contribution is 2.15. The number of nitrogens with zero attached hydrogens (tertiary/aromatic N) is 3. The van der Waals surface area contributed by atoms with Crippen molar-refractivity contribution in [2.75, 3.05) is 18.5 Å². The van der Waals surface area contributed by atoms with Gasteiger partial charge in [-0.25, -0.2) is 0 Å². The van der Waals surface area contributed by atoms with Crippen LogP contribution in [0.15, 0.2) is 18.5 Å². The van der Waals surface area contributed by atoms with Crippen molar-refractivity contribution in [2.24, 2.45) is 0 Å². The van der Waals surface area contributed by atoms with Crippen LogP contribution in [0.4, 0.5) is 5.69 Å². The fourth-order valence-electron chi connectivity index (χ4n) is 0.955. The Kier molecular flexibility index (Phi) is 2.65. The van der Waals surface area contributed by atoms with E-state index in [1.54, 1.807) is 18.5 Å². The highest BCUT2D eigenvalue weighted by molar-refractivity contribution is 5.56. The molecule has 1 aromatic heterocycles. The lowest BCUT2D eigenvalue weighted by Crippen LogP contribution is -2.17. The molecule has 0 bridgehead atoms. The van der Waals surface area contributed by atoms with Crippen molar-refractivity contribution in [2.45, 2.75) is 6.92 Å². The number of hydrogen-bond acceptors (Lipinski definition) is 3. The fourth-order valence-corrected chi connectivity index (χ4v) is 0.955. The molecule has 0 fully saturated rings. The van der Waals surface area contributed by atoms with Gasteiger partial charge in [0.25, 0.3) is 0 Å². The summed E-state index contributed by atoms with van der Waals surface area (Å²) in [7, 11) is 1.94. The molecule has 3 heteroatoms. The summed E-state index contributed by atoms with van der Waals surface area (Å²) in [5.74, 6) is 0. The largest absolute Gasteiger partial charge is 0.373 e. The van der Waals surface area contributed by atoms with Gasteiger partial charge >= 0.3 is 0 Å². The maximum atomic E-state index is 8.76. The third-order valence-corrected chi connectivity index (χ3v) is 1.81. The molecule has 0 atom stereocenters. The molecular formula is C9H11N3. The van der Waals surface area contributed by atoms with E-state index < -0.39 is 0 Å². The third-order valence-electron chi connectivity index (χ3n) is 1.81. The summed E-state index contributed by atoms with van der Waals surface area (Å²) in [5.41, 5.74) is 1.57. The Labute approximate surface area is 72.3 Å². The number of hydrogen-bond donors (Lipinski definition) is 0. The molecule has 0 aliphatic rings. The molecule has 0 amide bonds. The van der Waals surface area contributed by atoms with E-state index in [-0.39, 0.29) is 0 Å². The molecular weight excluding hydrogens is 150 g/mol. The second-order valence-corrected chi connectivity index (χ2v) is 2.52. The van der Waals surface area contributed by atoms with Gasteiger partial charge in [-0.3, -0.25) is 4.98 Å². The van der Waals surface area contributed by atoms with Crippen LogP contribution in [-0.2, 0) is 0 Å². The van der Waals surface area contributed by atoms with Crippen LogP contribution in [0.1, 0.15) is 12.5 Å². The van der Waals surface area contributed by atoms with Gasteiger partial charge in [-0.2, -0.15) is 5.26 Å². The number of pyridine rings is 1. The fraction of sp³-hybridized carbons (Fsp3) is 0.333. The van der Waals surface area contributed by atoms with Gasteiger partial charge in [-0.15, -0.1) is 0 Å². The molecule has 0 saturated heterocycles. The van der Waals surface area contributed by atoms with E-state index in [9.17, 15) is 0 Å². The van der Waals surface area contributed by atoms with Crippen LogP contribution in [-0.4, -0.2) is 18.6 Å². The van der Waals surface area contributed by atoms with Crippen molar-refractivity contribution in [3.8, 4) is 6.07 Å². The Balaban J connectivity index is 3.07. The van der Waals surface area contributed by atoms with Gasteiger partial charge in [0.1, 0.15) is 6.07 Å². The Morgan fingerprint density at radius 3 is 3.00 bits per heavy atom. The highest BCUT2D eigenvalue weighted by atomic mass is 15.1. The van der Waals surface area contributed by atoms with Gasteiger partial charge in [0.15, 0.2) is 0 Å². The zero-order chi connectivity index (χ0) is 8.97. The van der Waals surface area contributed by atoms with Gasteiger partial charge < -0.3 is 4.90 Å². The first kappa shape index (κ1) is 8.54. The predicted octanol–water partition coefficient (Wildman–Crippen LogP) is 1.41. The van der Waals surface area contributed by atoms with Crippen LogP contribution in [0.3, 0.4) is 0 Å². The minimum atomic E-state index is 0.675. The standard InChI is InChI=1S/C9H11N3/c1-3-12(2)9-7-11-5-4-8(9)6-10/h4-5,7H,3H2,1-2H3. The molecule has 3 nitrogen and oxygen atoms in total. The van der Waals surface area contributed by atoms with Crippen molar-refractivity contribution in [3.63, 3.8) is 0 Å². The normalized spacial score (nSPS) is 9.08. The lowest BCUT2D eigenvalue weighted by molar-refractivity contribution is 0.958. The molecule has 0 aromatic carbocycles. The maximum Gasteiger partial charge on any atom is 0.101 e. The molecule has 0 saturated carbocycles. The van der Waals surface area contributed by atoms with Crippen molar-refractivity contribution in [1.82, 2.24) is 4.98 Å². The second-order valence-electron chi connectivity index (χ2n) is 2.52. The molecule has 0 radical (unpaired) electrons. The van der Waals surface area contributed by atoms with E-state index >= 15 is 0 Å². The van der Waals surface area contributed by atoms with E-state index in [0.717, 1.165) is 12.2 Å². The van der Waals surface area contributed by atoms with Crippen molar-refractivity contribution in [1.29, 1.82) is 5.26 Å². The average molecular weight is 161 g/mol. The van der Waals surface area contributed by atoms with Gasteiger partial charge in [0, 0.05) is 19.8 Å². The zero-order valence-corrected chi connectivity index (χ0v) is 7.28. The quantitative estimate of drug-likeness (QED) is 0.658. The smallest absolute Gasteiger partial charge is 0.101 e. The Morgan fingerprint density at radius 1 is 1.67 bits per heavy atom. The molecule has 0 N–H and O–H groups in total. The topological polar surface area (TPSA) is 39.9 Å². The first-order valence-electron chi connectivity index (χ1n) is 3.84.